The molecular weight excluding hydrogens is 386 g/mol. The molecule has 1 aromatic rings. The largest absolute Gasteiger partial charge is 0.393 e. The second kappa shape index (κ2) is 6.58. The number of aliphatic hydroxyl groups excluding tert-OH is 1. The number of hydrogen-bond donors (Lipinski definition) is 1. The molecule has 1 spiro atoms. The highest BCUT2D eigenvalue weighted by atomic mass is 79.9. The van der Waals surface area contributed by atoms with E-state index < -0.39 is 5.54 Å². The van der Waals surface area contributed by atoms with Gasteiger partial charge in [-0.2, -0.15) is 0 Å². The van der Waals surface area contributed by atoms with Gasteiger partial charge in [0, 0.05) is 9.89 Å². The quantitative estimate of drug-likeness (QED) is 0.577. The number of benzene rings is 1. The van der Waals surface area contributed by atoms with Gasteiger partial charge in [-0.05, 0) is 75.5 Å². The lowest BCUT2D eigenvalue weighted by Crippen LogP contribution is -2.49. The van der Waals surface area contributed by atoms with Crippen LogP contribution in [-0.2, 0) is 16.8 Å². The van der Waals surface area contributed by atoms with Crippen LogP contribution in [0.4, 0.5) is 0 Å². The predicted molar refractivity (Wildman–Crippen MR) is 104 cm³/mol. The average molecular weight is 410 g/mol. The first-order valence-corrected chi connectivity index (χ1v) is 10.4. The Balaban J connectivity index is 2.25. The van der Waals surface area contributed by atoms with Crippen molar-refractivity contribution in [3.8, 4) is 0 Å². The summed E-state index contributed by atoms with van der Waals surface area (Å²) < 4.78 is 0.983. The van der Waals surface area contributed by atoms with Gasteiger partial charge in [-0.15, -0.1) is 11.8 Å². The summed E-state index contributed by atoms with van der Waals surface area (Å²) in [5, 5.41) is 11.0. The fraction of sp³-hybridized carbons (Fsp3) is 0.579. The lowest BCUT2D eigenvalue weighted by Gasteiger charge is -2.46. The molecule has 1 unspecified atom stereocenters. The second-order valence-corrected chi connectivity index (χ2v) is 9.01. The number of aliphatic imine (C=N–C) groups is 1. The summed E-state index contributed by atoms with van der Waals surface area (Å²) in [4.78, 5) is 18.1. The topological polar surface area (TPSA) is 49.7 Å². The smallest absolute Gasteiger partial charge is 0.162 e. The van der Waals surface area contributed by atoms with Crippen molar-refractivity contribution >= 4 is 38.5 Å². The Morgan fingerprint density at radius 2 is 2.00 bits per heavy atom. The van der Waals surface area contributed by atoms with Crippen molar-refractivity contribution in [1.82, 2.24) is 0 Å². The van der Waals surface area contributed by atoms with Crippen molar-refractivity contribution in [2.24, 2.45) is 10.4 Å². The molecule has 5 heteroatoms. The number of ketones is 1. The first-order valence-electron chi connectivity index (χ1n) is 8.43. The van der Waals surface area contributed by atoms with E-state index >= 15 is 0 Å². The van der Waals surface area contributed by atoms with Crippen molar-refractivity contribution in [3.05, 3.63) is 33.8 Å². The third kappa shape index (κ3) is 2.69. The Morgan fingerprint density at radius 3 is 2.58 bits per heavy atom. The molecule has 0 amide bonds. The molecule has 2 aliphatic carbocycles. The van der Waals surface area contributed by atoms with Crippen molar-refractivity contribution in [2.75, 3.05) is 6.26 Å². The molecule has 1 aromatic carbocycles. The van der Waals surface area contributed by atoms with Gasteiger partial charge in [-0.1, -0.05) is 22.0 Å². The molecular formula is C19H24BrNO2S. The standard InChI is InChI=1S/C19H24BrNO2S/c1-12(22)19(21-13(2)24-3)17-10-15(20)5-4-14(17)11-18(19)8-6-16(23)7-9-18/h4-5,10,16,23H,6-9,11H2,1-3H3. The molecule has 1 N–H and O–H groups in total. The van der Waals surface area contributed by atoms with Gasteiger partial charge < -0.3 is 5.11 Å². The molecule has 2 aliphatic rings. The van der Waals surface area contributed by atoms with Crippen LogP contribution in [0.3, 0.4) is 0 Å². The van der Waals surface area contributed by atoms with E-state index in [2.05, 4.69) is 28.1 Å². The molecule has 3 nitrogen and oxygen atoms in total. The van der Waals surface area contributed by atoms with Crippen LogP contribution in [0.15, 0.2) is 27.7 Å². The van der Waals surface area contributed by atoms with Crippen LogP contribution in [0.2, 0.25) is 0 Å². The van der Waals surface area contributed by atoms with Gasteiger partial charge in [-0.3, -0.25) is 9.79 Å². The van der Waals surface area contributed by atoms with Crippen LogP contribution < -0.4 is 0 Å². The molecule has 1 fully saturated rings. The molecule has 0 bridgehead atoms. The fourth-order valence-corrected chi connectivity index (χ4v) is 5.20. The van der Waals surface area contributed by atoms with E-state index in [9.17, 15) is 9.90 Å². The molecule has 3 rings (SSSR count). The van der Waals surface area contributed by atoms with Crippen molar-refractivity contribution in [1.29, 1.82) is 0 Å². The summed E-state index contributed by atoms with van der Waals surface area (Å²) >= 11 is 5.16. The molecule has 0 heterocycles. The Morgan fingerprint density at radius 1 is 1.33 bits per heavy atom. The highest BCUT2D eigenvalue weighted by Gasteiger charge is 2.61. The van der Waals surface area contributed by atoms with Crippen LogP contribution in [0.25, 0.3) is 0 Å². The maximum absolute atomic E-state index is 13.1. The number of thioether (sulfide) groups is 1. The lowest BCUT2D eigenvalue weighted by atomic mass is 9.60. The summed E-state index contributed by atoms with van der Waals surface area (Å²) in [6.45, 7) is 3.66. The molecule has 130 valence electrons. The number of nitrogens with zero attached hydrogens (tertiary/aromatic N) is 1. The van der Waals surface area contributed by atoms with E-state index in [4.69, 9.17) is 4.99 Å². The van der Waals surface area contributed by atoms with Gasteiger partial charge in [0.15, 0.2) is 11.3 Å². The molecule has 24 heavy (non-hydrogen) atoms. The summed E-state index contributed by atoms with van der Waals surface area (Å²) in [7, 11) is 0. The minimum atomic E-state index is -0.820. The molecule has 0 aromatic heterocycles. The SMILES string of the molecule is CSC(C)=NC1(C(C)=O)c2cc(Br)ccc2CC12CCC(O)CC2. The average Bonchev–Trinajstić information content (AvgIpc) is 2.81. The van der Waals surface area contributed by atoms with Gasteiger partial charge in [-0.25, -0.2) is 0 Å². The van der Waals surface area contributed by atoms with Crippen LogP contribution in [0.5, 0.6) is 0 Å². The van der Waals surface area contributed by atoms with Crippen molar-refractivity contribution in [2.45, 2.75) is 57.6 Å². The monoisotopic (exact) mass is 409 g/mol. The molecule has 0 aliphatic heterocycles. The number of hydrogen-bond acceptors (Lipinski definition) is 4. The van der Waals surface area contributed by atoms with E-state index in [1.807, 2.05) is 19.2 Å². The Bertz CT molecular complexity index is 695. The van der Waals surface area contributed by atoms with Crippen LogP contribution in [0, 0.1) is 5.41 Å². The Kier molecular flexibility index (Phi) is 4.98. The van der Waals surface area contributed by atoms with E-state index in [0.717, 1.165) is 47.2 Å². The first-order chi connectivity index (χ1) is 11.3. The molecule has 1 saturated carbocycles. The zero-order chi connectivity index (χ0) is 17.5. The second-order valence-electron chi connectivity index (χ2n) is 7.09. The van der Waals surface area contributed by atoms with E-state index in [1.165, 1.54) is 5.56 Å². The molecule has 1 atom stereocenters. The minimum absolute atomic E-state index is 0.115. The normalized spacial score (nSPS) is 32.9. The van der Waals surface area contributed by atoms with E-state index in [1.54, 1.807) is 18.7 Å². The zero-order valence-corrected chi connectivity index (χ0v) is 16.8. The Hall–Kier alpha value is -0.650. The highest BCUT2D eigenvalue weighted by Crippen LogP contribution is 2.60. The van der Waals surface area contributed by atoms with E-state index in [0.29, 0.717) is 0 Å². The highest BCUT2D eigenvalue weighted by molar-refractivity contribution is 9.10. The lowest BCUT2D eigenvalue weighted by molar-refractivity contribution is -0.128. The maximum atomic E-state index is 13.1. The predicted octanol–water partition coefficient (Wildman–Crippen LogP) is 4.49. The zero-order valence-electron chi connectivity index (χ0n) is 14.4. The van der Waals surface area contributed by atoms with Crippen LogP contribution in [0.1, 0.15) is 50.7 Å². The van der Waals surface area contributed by atoms with Gasteiger partial charge >= 0.3 is 0 Å². The van der Waals surface area contributed by atoms with Gasteiger partial charge in [0.1, 0.15) is 0 Å². The number of halogens is 1. The third-order valence-corrected chi connectivity index (χ3v) is 6.98. The molecule has 0 saturated heterocycles. The summed E-state index contributed by atoms with van der Waals surface area (Å²) in [6, 6.07) is 6.25. The summed E-state index contributed by atoms with van der Waals surface area (Å²) in [5.74, 6) is 0.115. The number of carbonyl (C=O) groups excluding carboxylic acids is 1. The van der Waals surface area contributed by atoms with Crippen molar-refractivity contribution in [3.63, 3.8) is 0 Å². The van der Waals surface area contributed by atoms with Gasteiger partial charge in [0.25, 0.3) is 0 Å². The minimum Gasteiger partial charge on any atom is -0.393 e. The fourth-order valence-electron chi connectivity index (χ4n) is 4.61. The van der Waals surface area contributed by atoms with E-state index in [-0.39, 0.29) is 17.3 Å². The maximum Gasteiger partial charge on any atom is 0.162 e. The summed E-state index contributed by atoms with van der Waals surface area (Å²) in [6.07, 6.45) is 5.79. The van der Waals surface area contributed by atoms with Gasteiger partial charge in [0.2, 0.25) is 0 Å². The number of aliphatic hydroxyl groups is 1. The van der Waals surface area contributed by atoms with Crippen molar-refractivity contribution < 1.29 is 9.90 Å². The Labute approximate surface area is 156 Å². The number of Topliss-reactive ketones (excluding diaryl/α,β-unsaturated/α-hetero) is 1. The number of fused-ring (bicyclic) bond motifs is 1. The summed E-state index contributed by atoms with van der Waals surface area (Å²) in [5.41, 5.74) is 1.24. The van der Waals surface area contributed by atoms with Crippen LogP contribution >= 0.6 is 27.7 Å². The third-order valence-electron chi connectivity index (χ3n) is 5.80. The number of rotatable bonds is 2. The molecule has 0 radical (unpaired) electrons. The number of carbonyl (C=O) groups is 1. The van der Waals surface area contributed by atoms with Crippen LogP contribution in [-0.4, -0.2) is 28.3 Å². The van der Waals surface area contributed by atoms with Gasteiger partial charge in [0.05, 0.1) is 11.1 Å². The first kappa shape index (κ1) is 18.2.